The van der Waals surface area contributed by atoms with E-state index < -0.39 is 11.6 Å². The molecule has 0 aromatic rings. The van der Waals surface area contributed by atoms with Crippen molar-refractivity contribution in [3.63, 3.8) is 0 Å². The monoisotopic (exact) mass is 322 g/mol. The first kappa shape index (κ1) is 16.2. The first-order valence-corrected chi connectivity index (χ1v) is 8.67. The molecule has 3 heterocycles. The molecule has 3 fully saturated rings. The Morgan fingerprint density at radius 1 is 1.22 bits per heavy atom. The summed E-state index contributed by atoms with van der Waals surface area (Å²) >= 11 is 0. The third kappa shape index (κ3) is 2.94. The number of piperidine rings is 1. The Balaban J connectivity index is 1.57. The minimum absolute atomic E-state index is 0.143. The quantitative estimate of drug-likeness (QED) is 0.643. The Morgan fingerprint density at radius 2 is 1.83 bits per heavy atom. The van der Waals surface area contributed by atoms with Gasteiger partial charge in [0.25, 0.3) is 5.91 Å². The van der Waals surface area contributed by atoms with Gasteiger partial charge in [-0.1, -0.05) is 13.8 Å². The second-order valence-corrected chi connectivity index (χ2v) is 6.98. The molecule has 23 heavy (non-hydrogen) atoms. The Hall–Kier alpha value is -1.63. The fraction of sp³-hybridized carbons (Fsp3) is 0.812. The summed E-state index contributed by atoms with van der Waals surface area (Å²) in [6.45, 7) is 3.55. The lowest BCUT2D eigenvalue weighted by molar-refractivity contribution is -0.135. The van der Waals surface area contributed by atoms with E-state index in [-0.39, 0.29) is 24.4 Å². The van der Waals surface area contributed by atoms with Crippen LogP contribution in [0.1, 0.15) is 52.4 Å². The van der Waals surface area contributed by atoms with Gasteiger partial charge in [0.15, 0.2) is 0 Å². The number of hydrogen-bond donors (Lipinski definition) is 3. The van der Waals surface area contributed by atoms with Gasteiger partial charge in [-0.3, -0.25) is 14.5 Å². The molecule has 7 nitrogen and oxygen atoms in total. The van der Waals surface area contributed by atoms with Gasteiger partial charge in [-0.2, -0.15) is 0 Å². The topological polar surface area (TPSA) is 90.5 Å². The van der Waals surface area contributed by atoms with Crippen molar-refractivity contribution in [1.82, 2.24) is 20.9 Å². The van der Waals surface area contributed by atoms with E-state index in [0.717, 1.165) is 17.7 Å². The second-order valence-electron chi connectivity index (χ2n) is 6.98. The molecule has 3 aliphatic heterocycles. The zero-order valence-electron chi connectivity index (χ0n) is 13.9. The predicted molar refractivity (Wildman–Crippen MR) is 84.7 cm³/mol. The molecular weight excluding hydrogens is 296 g/mol. The zero-order chi connectivity index (χ0) is 16.6. The lowest BCUT2D eigenvalue weighted by Gasteiger charge is -2.30. The van der Waals surface area contributed by atoms with Crippen molar-refractivity contribution < 1.29 is 14.4 Å². The third-order valence-corrected chi connectivity index (χ3v) is 5.59. The summed E-state index contributed by atoms with van der Waals surface area (Å²) in [6, 6.07) is 0.663. The summed E-state index contributed by atoms with van der Waals surface area (Å²) < 4.78 is 0. The SMILES string of the molecule is CCC1(CC)NC(=O)N(CC(=O)NC2CC3CCC(C2)N3)C1=O. The van der Waals surface area contributed by atoms with Crippen LogP contribution in [0.4, 0.5) is 4.79 Å². The third-order valence-electron chi connectivity index (χ3n) is 5.59. The van der Waals surface area contributed by atoms with Crippen molar-refractivity contribution in [2.45, 2.75) is 76.0 Å². The number of fused-ring (bicyclic) bond motifs is 2. The summed E-state index contributed by atoms with van der Waals surface area (Å²) in [7, 11) is 0. The molecule has 0 radical (unpaired) electrons. The average molecular weight is 322 g/mol. The van der Waals surface area contributed by atoms with Crippen LogP contribution in [-0.2, 0) is 9.59 Å². The summed E-state index contributed by atoms with van der Waals surface area (Å²) in [4.78, 5) is 37.9. The normalized spacial score (nSPS) is 32.1. The predicted octanol–water partition coefficient (Wildman–Crippen LogP) is 0.496. The van der Waals surface area contributed by atoms with E-state index in [0.29, 0.717) is 24.9 Å². The lowest BCUT2D eigenvalue weighted by Crippen LogP contribution is -2.51. The molecule has 2 atom stereocenters. The number of rotatable bonds is 5. The molecule has 2 bridgehead atoms. The van der Waals surface area contributed by atoms with Crippen LogP contribution in [0.5, 0.6) is 0 Å². The van der Waals surface area contributed by atoms with Gasteiger partial charge < -0.3 is 16.0 Å². The molecule has 7 heteroatoms. The maximum absolute atomic E-state index is 12.5. The van der Waals surface area contributed by atoms with Crippen LogP contribution in [0.3, 0.4) is 0 Å². The zero-order valence-corrected chi connectivity index (χ0v) is 13.9. The smallest absolute Gasteiger partial charge is 0.325 e. The van der Waals surface area contributed by atoms with Crippen LogP contribution in [0, 0.1) is 0 Å². The van der Waals surface area contributed by atoms with Gasteiger partial charge in [-0.15, -0.1) is 0 Å². The van der Waals surface area contributed by atoms with Crippen LogP contribution < -0.4 is 16.0 Å². The molecule has 3 rings (SSSR count). The van der Waals surface area contributed by atoms with E-state index >= 15 is 0 Å². The number of carbonyl (C=O) groups is 3. The van der Waals surface area contributed by atoms with Gasteiger partial charge in [-0.25, -0.2) is 4.79 Å². The average Bonchev–Trinajstić information content (AvgIpc) is 2.98. The van der Waals surface area contributed by atoms with Crippen LogP contribution >= 0.6 is 0 Å². The Labute approximate surface area is 136 Å². The van der Waals surface area contributed by atoms with Crippen molar-refractivity contribution in [1.29, 1.82) is 0 Å². The van der Waals surface area contributed by atoms with Gasteiger partial charge in [0.2, 0.25) is 5.91 Å². The maximum Gasteiger partial charge on any atom is 0.325 e. The van der Waals surface area contributed by atoms with Crippen molar-refractivity contribution >= 4 is 17.8 Å². The van der Waals surface area contributed by atoms with Crippen molar-refractivity contribution in [2.75, 3.05) is 6.54 Å². The highest BCUT2D eigenvalue weighted by atomic mass is 16.2. The Bertz CT molecular complexity index is 505. The summed E-state index contributed by atoms with van der Waals surface area (Å²) in [6.07, 6.45) is 5.25. The van der Waals surface area contributed by atoms with Gasteiger partial charge in [0.05, 0.1) is 0 Å². The highest BCUT2D eigenvalue weighted by molar-refractivity contribution is 6.08. The highest BCUT2D eigenvalue weighted by Gasteiger charge is 2.49. The van der Waals surface area contributed by atoms with Gasteiger partial charge in [0, 0.05) is 18.1 Å². The minimum atomic E-state index is -0.842. The van der Waals surface area contributed by atoms with Crippen LogP contribution in [0.15, 0.2) is 0 Å². The number of nitrogens with zero attached hydrogens (tertiary/aromatic N) is 1. The molecule has 2 unspecified atom stereocenters. The molecule has 3 N–H and O–H groups in total. The van der Waals surface area contributed by atoms with E-state index in [1.807, 2.05) is 13.8 Å². The van der Waals surface area contributed by atoms with Gasteiger partial charge >= 0.3 is 6.03 Å². The lowest BCUT2D eigenvalue weighted by atomic mass is 9.93. The summed E-state index contributed by atoms with van der Waals surface area (Å²) in [5.74, 6) is -0.532. The molecule has 4 amide bonds. The number of nitrogens with one attached hydrogen (secondary N) is 3. The molecule has 0 spiro atoms. The first-order chi connectivity index (χ1) is 11.0. The van der Waals surface area contributed by atoms with Crippen LogP contribution in [0.25, 0.3) is 0 Å². The van der Waals surface area contributed by atoms with Gasteiger partial charge in [-0.05, 0) is 38.5 Å². The molecule has 0 saturated carbocycles. The number of carbonyl (C=O) groups excluding carboxylic acids is 3. The standard InChI is InChI=1S/C16H26N4O3/c1-3-16(4-2)14(22)20(15(23)19-16)9-13(21)18-12-7-10-5-6-11(8-12)17-10/h10-12,17H,3-9H2,1-2H3,(H,18,21)(H,19,23). The maximum atomic E-state index is 12.5. The van der Waals surface area contributed by atoms with E-state index in [4.69, 9.17) is 0 Å². The second kappa shape index (κ2) is 6.11. The largest absolute Gasteiger partial charge is 0.352 e. The first-order valence-electron chi connectivity index (χ1n) is 8.67. The Kier molecular flexibility index (Phi) is 4.31. The minimum Gasteiger partial charge on any atom is -0.352 e. The molecule has 3 aliphatic rings. The van der Waals surface area contributed by atoms with E-state index in [1.54, 1.807) is 0 Å². The molecule has 3 saturated heterocycles. The van der Waals surface area contributed by atoms with Crippen molar-refractivity contribution in [3.05, 3.63) is 0 Å². The van der Waals surface area contributed by atoms with Crippen LogP contribution in [-0.4, -0.2) is 53.0 Å². The molecule has 0 aliphatic carbocycles. The molecule has 128 valence electrons. The van der Waals surface area contributed by atoms with Crippen molar-refractivity contribution in [2.24, 2.45) is 0 Å². The van der Waals surface area contributed by atoms with Crippen LogP contribution in [0.2, 0.25) is 0 Å². The van der Waals surface area contributed by atoms with E-state index in [9.17, 15) is 14.4 Å². The molecule has 0 aromatic heterocycles. The summed E-state index contributed by atoms with van der Waals surface area (Å²) in [5, 5.41) is 9.27. The van der Waals surface area contributed by atoms with Crippen molar-refractivity contribution in [3.8, 4) is 0 Å². The Morgan fingerprint density at radius 3 is 2.35 bits per heavy atom. The van der Waals surface area contributed by atoms with E-state index in [2.05, 4.69) is 16.0 Å². The fourth-order valence-electron chi connectivity index (χ4n) is 4.14. The van der Waals surface area contributed by atoms with Gasteiger partial charge in [0.1, 0.15) is 12.1 Å². The van der Waals surface area contributed by atoms with E-state index in [1.165, 1.54) is 12.8 Å². The number of hydrogen-bond acceptors (Lipinski definition) is 4. The number of amides is 4. The highest BCUT2D eigenvalue weighted by Crippen LogP contribution is 2.27. The fourth-order valence-corrected chi connectivity index (χ4v) is 4.14. The summed E-state index contributed by atoms with van der Waals surface area (Å²) in [5.41, 5.74) is -0.842. The molecule has 0 aromatic carbocycles. The molecular formula is C16H26N4O3. The number of urea groups is 1. The number of imide groups is 1.